The summed E-state index contributed by atoms with van der Waals surface area (Å²) >= 11 is 0. The summed E-state index contributed by atoms with van der Waals surface area (Å²) in [5, 5.41) is 0. The Morgan fingerprint density at radius 1 is 1.06 bits per heavy atom. The highest BCUT2D eigenvalue weighted by molar-refractivity contribution is 6.26. The third kappa shape index (κ3) is 1.99. The molecule has 18 heavy (non-hydrogen) atoms. The van der Waals surface area contributed by atoms with Gasteiger partial charge in [-0.3, -0.25) is 14.5 Å². The van der Waals surface area contributed by atoms with Gasteiger partial charge in [-0.2, -0.15) is 0 Å². The molecule has 0 spiro atoms. The average Bonchev–Trinajstić information content (AvgIpc) is 2.31. The van der Waals surface area contributed by atoms with Crippen LogP contribution in [0.2, 0.25) is 0 Å². The number of amides is 4. The fourth-order valence-electron chi connectivity index (χ4n) is 1.90. The van der Waals surface area contributed by atoms with Crippen molar-refractivity contribution >= 4 is 23.5 Å². The molecule has 5 heteroatoms. The predicted octanol–water partition coefficient (Wildman–Crippen LogP) is 1.70. The van der Waals surface area contributed by atoms with Crippen LogP contribution in [0.1, 0.15) is 18.9 Å². The Morgan fingerprint density at radius 3 is 2.22 bits per heavy atom. The van der Waals surface area contributed by atoms with Crippen LogP contribution in [0.15, 0.2) is 24.3 Å². The SMILES string of the molecule is CCN1C(=O)CC(=O)N(c2ccc(C)cc2)C1=O. The van der Waals surface area contributed by atoms with Crippen molar-refractivity contribution in [2.75, 3.05) is 11.4 Å². The number of carbonyl (C=O) groups excluding carboxylic acids is 3. The van der Waals surface area contributed by atoms with Crippen molar-refractivity contribution in [3.05, 3.63) is 29.8 Å². The highest BCUT2D eigenvalue weighted by atomic mass is 16.2. The number of nitrogens with zero attached hydrogens (tertiary/aromatic N) is 2. The topological polar surface area (TPSA) is 57.7 Å². The molecule has 1 aromatic carbocycles. The van der Waals surface area contributed by atoms with Gasteiger partial charge < -0.3 is 0 Å². The third-order valence-electron chi connectivity index (χ3n) is 2.88. The second-order valence-corrected chi connectivity index (χ2v) is 4.16. The quantitative estimate of drug-likeness (QED) is 0.746. The third-order valence-corrected chi connectivity index (χ3v) is 2.88. The summed E-state index contributed by atoms with van der Waals surface area (Å²) in [6, 6.07) is 6.48. The Labute approximate surface area is 105 Å². The molecule has 0 aliphatic carbocycles. The number of imide groups is 2. The number of barbiturate groups is 1. The summed E-state index contributed by atoms with van der Waals surface area (Å²) in [4.78, 5) is 37.6. The van der Waals surface area contributed by atoms with E-state index >= 15 is 0 Å². The molecule has 0 bridgehead atoms. The fraction of sp³-hybridized carbons (Fsp3) is 0.308. The van der Waals surface area contributed by atoms with E-state index in [1.807, 2.05) is 19.1 Å². The van der Waals surface area contributed by atoms with Crippen molar-refractivity contribution in [1.82, 2.24) is 4.90 Å². The molecule has 0 radical (unpaired) electrons. The Bertz CT molecular complexity index is 507. The smallest absolute Gasteiger partial charge is 0.274 e. The van der Waals surface area contributed by atoms with E-state index < -0.39 is 17.8 Å². The van der Waals surface area contributed by atoms with Crippen molar-refractivity contribution < 1.29 is 14.4 Å². The first-order valence-electron chi connectivity index (χ1n) is 5.78. The van der Waals surface area contributed by atoms with Gasteiger partial charge in [0.15, 0.2) is 0 Å². The summed E-state index contributed by atoms with van der Waals surface area (Å²) < 4.78 is 0. The van der Waals surface area contributed by atoms with Crippen molar-refractivity contribution in [2.24, 2.45) is 0 Å². The number of carbonyl (C=O) groups is 3. The summed E-state index contributed by atoms with van der Waals surface area (Å²) in [6.07, 6.45) is -0.256. The van der Waals surface area contributed by atoms with E-state index in [2.05, 4.69) is 0 Å². The van der Waals surface area contributed by atoms with Gasteiger partial charge in [-0.1, -0.05) is 17.7 Å². The first-order valence-corrected chi connectivity index (χ1v) is 5.78. The molecule has 5 nitrogen and oxygen atoms in total. The van der Waals surface area contributed by atoms with E-state index in [1.165, 1.54) is 0 Å². The normalized spacial score (nSPS) is 16.4. The van der Waals surface area contributed by atoms with Crippen molar-refractivity contribution in [3.63, 3.8) is 0 Å². The van der Waals surface area contributed by atoms with Gasteiger partial charge in [0.05, 0.1) is 5.69 Å². The standard InChI is InChI=1S/C13H14N2O3/c1-3-14-11(16)8-12(17)15(13(14)18)10-6-4-9(2)5-7-10/h4-7H,3,8H2,1-2H3. The first-order chi connectivity index (χ1) is 8.54. The minimum absolute atomic E-state index is 0.256. The molecule has 0 N–H and O–H groups in total. The summed E-state index contributed by atoms with van der Waals surface area (Å²) in [5.74, 6) is -0.908. The zero-order chi connectivity index (χ0) is 13.3. The van der Waals surface area contributed by atoms with Gasteiger partial charge >= 0.3 is 6.03 Å². The van der Waals surface area contributed by atoms with Gasteiger partial charge in [-0.25, -0.2) is 9.69 Å². The Kier molecular flexibility index (Phi) is 3.14. The second kappa shape index (κ2) is 4.60. The van der Waals surface area contributed by atoms with E-state index in [9.17, 15) is 14.4 Å². The monoisotopic (exact) mass is 246 g/mol. The van der Waals surface area contributed by atoms with Gasteiger partial charge in [-0.05, 0) is 26.0 Å². The molecule has 1 heterocycles. The summed E-state index contributed by atoms with van der Waals surface area (Å²) in [6.45, 7) is 3.90. The van der Waals surface area contributed by atoms with Crippen LogP contribution in [0.4, 0.5) is 10.5 Å². The maximum Gasteiger partial charge on any atom is 0.338 e. The van der Waals surface area contributed by atoms with Crippen LogP contribution in [0.25, 0.3) is 0 Å². The van der Waals surface area contributed by atoms with Gasteiger partial charge in [0, 0.05) is 6.54 Å². The number of aryl methyl sites for hydroxylation is 1. The average molecular weight is 246 g/mol. The van der Waals surface area contributed by atoms with Gasteiger partial charge in [0.1, 0.15) is 6.42 Å². The van der Waals surface area contributed by atoms with E-state index in [0.717, 1.165) is 15.4 Å². The molecular formula is C13H14N2O3. The highest BCUT2D eigenvalue weighted by Crippen LogP contribution is 2.21. The molecule has 1 fully saturated rings. The molecule has 1 aliphatic rings. The van der Waals surface area contributed by atoms with E-state index in [1.54, 1.807) is 19.1 Å². The molecule has 0 aromatic heterocycles. The zero-order valence-corrected chi connectivity index (χ0v) is 10.3. The molecule has 1 aromatic rings. The molecule has 0 atom stereocenters. The summed E-state index contributed by atoms with van der Waals surface area (Å²) in [7, 11) is 0. The van der Waals surface area contributed by atoms with Crippen LogP contribution in [-0.4, -0.2) is 29.3 Å². The predicted molar refractivity (Wildman–Crippen MR) is 66.1 cm³/mol. The summed E-state index contributed by atoms with van der Waals surface area (Å²) in [5.41, 5.74) is 1.54. The number of benzene rings is 1. The van der Waals surface area contributed by atoms with Crippen LogP contribution < -0.4 is 4.90 Å². The van der Waals surface area contributed by atoms with Crippen LogP contribution in [0, 0.1) is 6.92 Å². The van der Waals surface area contributed by atoms with Gasteiger partial charge in [0.2, 0.25) is 11.8 Å². The Hall–Kier alpha value is -2.17. The maximum absolute atomic E-state index is 12.1. The number of hydrogen-bond donors (Lipinski definition) is 0. The lowest BCUT2D eigenvalue weighted by molar-refractivity contribution is -0.134. The van der Waals surface area contributed by atoms with Crippen LogP contribution in [-0.2, 0) is 9.59 Å². The molecule has 1 aliphatic heterocycles. The molecule has 0 saturated carbocycles. The minimum atomic E-state index is -0.567. The van der Waals surface area contributed by atoms with Crippen molar-refractivity contribution in [2.45, 2.75) is 20.3 Å². The molecule has 0 unspecified atom stereocenters. The fourth-order valence-corrected chi connectivity index (χ4v) is 1.90. The number of hydrogen-bond acceptors (Lipinski definition) is 3. The lowest BCUT2D eigenvalue weighted by atomic mass is 10.2. The molecule has 2 rings (SSSR count). The van der Waals surface area contributed by atoms with Crippen LogP contribution in [0.3, 0.4) is 0 Å². The Balaban J connectivity index is 2.36. The maximum atomic E-state index is 12.1. The number of anilines is 1. The van der Waals surface area contributed by atoms with Gasteiger partial charge in [-0.15, -0.1) is 0 Å². The lowest BCUT2D eigenvalue weighted by Gasteiger charge is -2.31. The van der Waals surface area contributed by atoms with Crippen molar-refractivity contribution in [3.8, 4) is 0 Å². The van der Waals surface area contributed by atoms with Gasteiger partial charge in [0.25, 0.3) is 0 Å². The molecule has 1 saturated heterocycles. The van der Waals surface area contributed by atoms with Crippen LogP contribution in [0.5, 0.6) is 0 Å². The molecule has 4 amide bonds. The number of urea groups is 1. The van der Waals surface area contributed by atoms with Crippen LogP contribution >= 0.6 is 0 Å². The molecular weight excluding hydrogens is 232 g/mol. The Morgan fingerprint density at radius 2 is 1.67 bits per heavy atom. The first kappa shape index (κ1) is 12.3. The van der Waals surface area contributed by atoms with E-state index in [4.69, 9.17) is 0 Å². The number of rotatable bonds is 2. The lowest BCUT2D eigenvalue weighted by Crippen LogP contribution is -2.55. The largest absolute Gasteiger partial charge is 0.338 e. The second-order valence-electron chi connectivity index (χ2n) is 4.16. The van der Waals surface area contributed by atoms with E-state index in [0.29, 0.717) is 5.69 Å². The highest BCUT2D eigenvalue weighted by Gasteiger charge is 2.37. The minimum Gasteiger partial charge on any atom is -0.274 e. The van der Waals surface area contributed by atoms with Crippen molar-refractivity contribution in [1.29, 1.82) is 0 Å². The van der Waals surface area contributed by atoms with E-state index in [-0.39, 0.29) is 13.0 Å². The molecule has 94 valence electrons. The zero-order valence-electron chi connectivity index (χ0n) is 10.3.